The smallest absolute Gasteiger partial charge is 0.347 e. The molecule has 1 N–H and O–H groups in total. The fourth-order valence-electron chi connectivity index (χ4n) is 1.95. The molecule has 1 aromatic heterocycles. The number of methoxy groups -OCH3 is 1. The maximum Gasteiger partial charge on any atom is 0.347 e. The molecule has 0 aliphatic carbocycles. The van der Waals surface area contributed by atoms with Crippen LogP contribution < -0.4 is 4.74 Å². The molecule has 1 unspecified atom stereocenters. The van der Waals surface area contributed by atoms with Gasteiger partial charge >= 0.3 is 5.97 Å². The first-order valence-corrected chi connectivity index (χ1v) is 6.77. The maximum absolute atomic E-state index is 11.6. The van der Waals surface area contributed by atoms with Gasteiger partial charge in [0.25, 0.3) is 0 Å². The molecule has 22 heavy (non-hydrogen) atoms. The summed E-state index contributed by atoms with van der Waals surface area (Å²) in [4.78, 5) is 23.3. The van der Waals surface area contributed by atoms with Crippen molar-refractivity contribution in [2.75, 3.05) is 7.11 Å². The van der Waals surface area contributed by atoms with E-state index in [1.807, 2.05) is 6.92 Å². The molecule has 0 saturated carbocycles. The molecule has 0 bridgehead atoms. The molecule has 1 heterocycles. The van der Waals surface area contributed by atoms with Crippen molar-refractivity contribution in [3.63, 3.8) is 0 Å². The molecule has 116 valence electrons. The van der Waals surface area contributed by atoms with E-state index in [-0.39, 0.29) is 5.75 Å². The second-order valence-corrected chi connectivity index (χ2v) is 4.58. The van der Waals surface area contributed by atoms with E-state index in [0.29, 0.717) is 29.1 Å². The third-order valence-corrected chi connectivity index (χ3v) is 3.22. The van der Waals surface area contributed by atoms with Crippen molar-refractivity contribution < 1.29 is 19.4 Å². The van der Waals surface area contributed by atoms with Crippen molar-refractivity contribution in [3.05, 3.63) is 30.4 Å². The Hall–Kier alpha value is -2.70. The van der Waals surface area contributed by atoms with E-state index < -0.39 is 12.1 Å². The summed E-state index contributed by atoms with van der Waals surface area (Å²) in [6.45, 7) is 3.51. The van der Waals surface area contributed by atoms with Crippen LogP contribution in [0.3, 0.4) is 0 Å². The number of benzene rings is 1. The molecular weight excluding hydrogens is 286 g/mol. The van der Waals surface area contributed by atoms with Gasteiger partial charge in [-0.1, -0.05) is 6.92 Å². The Morgan fingerprint density at radius 3 is 2.59 bits per heavy atom. The summed E-state index contributed by atoms with van der Waals surface area (Å²) in [6.07, 6.45) is 2.45. The van der Waals surface area contributed by atoms with E-state index in [4.69, 9.17) is 4.74 Å². The van der Waals surface area contributed by atoms with E-state index in [1.165, 1.54) is 19.8 Å². The van der Waals surface area contributed by atoms with E-state index >= 15 is 0 Å². The van der Waals surface area contributed by atoms with Crippen LogP contribution in [0.5, 0.6) is 11.5 Å². The Labute approximate surface area is 128 Å². The van der Waals surface area contributed by atoms with Crippen LogP contribution in [0.15, 0.2) is 24.8 Å². The summed E-state index contributed by atoms with van der Waals surface area (Å²) in [5.41, 5.74) is 0.971. The predicted octanol–water partition coefficient (Wildman–Crippen LogP) is 1.88. The average Bonchev–Trinajstić information content (AvgIpc) is 2.56. The number of aromatic nitrogens is 3. The molecule has 0 aliphatic heterocycles. The van der Waals surface area contributed by atoms with E-state index in [2.05, 4.69) is 19.7 Å². The molecule has 0 amide bonds. The first-order valence-electron chi connectivity index (χ1n) is 6.77. The minimum Gasteiger partial charge on any atom is -0.507 e. The Kier molecular flexibility index (Phi) is 4.88. The first kappa shape index (κ1) is 15.7. The van der Waals surface area contributed by atoms with Gasteiger partial charge in [-0.2, -0.15) is 0 Å². The molecule has 2 aromatic rings. The summed E-state index contributed by atoms with van der Waals surface area (Å²) in [6, 6.07) is 3.30. The van der Waals surface area contributed by atoms with Gasteiger partial charge in [0.15, 0.2) is 11.9 Å². The monoisotopic (exact) mass is 303 g/mol. The Morgan fingerprint density at radius 2 is 2.00 bits per heavy atom. The standard InChI is InChI=1S/C15H17N3O4/c1-4-11(15(20)21-3)22-12-6-5-10(13(19)9(12)2)14-17-7-16-8-18-14/h5-8,11,19H,4H2,1-3H3. The highest BCUT2D eigenvalue weighted by atomic mass is 16.6. The Balaban J connectivity index is 2.33. The number of esters is 1. The number of phenols is 1. The van der Waals surface area contributed by atoms with E-state index in [0.717, 1.165) is 0 Å². The summed E-state index contributed by atoms with van der Waals surface area (Å²) in [5.74, 6) is 0.320. The van der Waals surface area contributed by atoms with Gasteiger partial charge in [0.05, 0.1) is 12.7 Å². The zero-order valence-corrected chi connectivity index (χ0v) is 12.6. The van der Waals surface area contributed by atoms with Crippen molar-refractivity contribution in [3.8, 4) is 22.9 Å². The highest BCUT2D eigenvalue weighted by molar-refractivity contribution is 5.75. The molecule has 0 aliphatic rings. The number of aromatic hydroxyl groups is 1. The largest absolute Gasteiger partial charge is 0.507 e. The Morgan fingerprint density at radius 1 is 1.32 bits per heavy atom. The van der Waals surface area contributed by atoms with Gasteiger partial charge in [0.2, 0.25) is 0 Å². The van der Waals surface area contributed by atoms with Crippen LogP contribution in [-0.4, -0.2) is 39.2 Å². The Bertz CT molecular complexity index is 661. The van der Waals surface area contributed by atoms with Gasteiger partial charge in [-0.25, -0.2) is 19.7 Å². The van der Waals surface area contributed by atoms with Crippen molar-refractivity contribution in [2.24, 2.45) is 0 Å². The van der Waals surface area contributed by atoms with Crippen LogP contribution >= 0.6 is 0 Å². The molecule has 2 rings (SSSR count). The number of carbonyl (C=O) groups excluding carboxylic acids is 1. The first-order chi connectivity index (χ1) is 10.6. The maximum atomic E-state index is 11.6. The molecule has 0 saturated heterocycles. The van der Waals surface area contributed by atoms with Crippen LogP contribution in [0.25, 0.3) is 11.4 Å². The fraction of sp³-hybridized carbons (Fsp3) is 0.333. The highest BCUT2D eigenvalue weighted by Gasteiger charge is 2.21. The number of carbonyl (C=O) groups is 1. The fourth-order valence-corrected chi connectivity index (χ4v) is 1.95. The lowest BCUT2D eigenvalue weighted by molar-refractivity contribution is -0.148. The van der Waals surface area contributed by atoms with Crippen molar-refractivity contribution >= 4 is 5.97 Å². The summed E-state index contributed by atoms with van der Waals surface area (Å²) in [7, 11) is 1.31. The number of ether oxygens (including phenoxy) is 2. The lowest BCUT2D eigenvalue weighted by atomic mass is 10.1. The lowest BCUT2D eigenvalue weighted by Gasteiger charge is -2.18. The van der Waals surface area contributed by atoms with Crippen LogP contribution in [0, 0.1) is 6.92 Å². The predicted molar refractivity (Wildman–Crippen MR) is 78.4 cm³/mol. The van der Waals surface area contributed by atoms with Gasteiger partial charge in [-0.05, 0) is 25.5 Å². The normalized spacial score (nSPS) is 11.8. The molecule has 0 radical (unpaired) electrons. The van der Waals surface area contributed by atoms with Gasteiger partial charge in [0.1, 0.15) is 24.2 Å². The van der Waals surface area contributed by atoms with Crippen molar-refractivity contribution in [1.82, 2.24) is 15.0 Å². The summed E-state index contributed by atoms with van der Waals surface area (Å²) >= 11 is 0. The molecule has 1 atom stereocenters. The molecule has 0 fully saturated rings. The van der Waals surface area contributed by atoms with Gasteiger partial charge in [0, 0.05) is 5.56 Å². The summed E-state index contributed by atoms with van der Waals surface area (Å²) < 4.78 is 10.3. The van der Waals surface area contributed by atoms with Gasteiger partial charge < -0.3 is 14.6 Å². The number of hydrogen-bond donors (Lipinski definition) is 1. The minimum atomic E-state index is -0.717. The highest BCUT2D eigenvalue weighted by Crippen LogP contribution is 2.35. The van der Waals surface area contributed by atoms with Crippen LogP contribution in [0.2, 0.25) is 0 Å². The minimum absolute atomic E-state index is 0.00317. The van der Waals surface area contributed by atoms with Crippen molar-refractivity contribution in [2.45, 2.75) is 26.4 Å². The number of nitrogens with zero attached hydrogens (tertiary/aromatic N) is 3. The third kappa shape index (κ3) is 3.13. The molecule has 7 nitrogen and oxygen atoms in total. The van der Waals surface area contributed by atoms with Crippen LogP contribution in [-0.2, 0) is 9.53 Å². The molecule has 1 aromatic carbocycles. The quantitative estimate of drug-likeness (QED) is 0.843. The zero-order valence-electron chi connectivity index (χ0n) is 12.6. The van der Waals surface area contributed by atoms with Gasteiger partial charge in [-0.3, -0.25) is 0 Å². The number of hydrogen-bond acceptors (Lipinski definition) is 7. The van der Waals surface area contributed by atoms with E-state index in [1.54, 1.807) is 19.1 Å². The summed E-state index contributed by atoms with van der Waals surface area (Å²) in [5, 5.41) is 10.3. The molecule has 0 spiro atoms. The number of phenolic OH excluding ortho intramolecular Hbond substituents is 1. The zero-order chi connectivity index (χ0) is 16.1. The average molecular weight is 303 g/mol. The number of rotatable bonds is 5. The molecular formula is C15H17N3O4. The second-order valence-electron chi connectivity index (χ2n) is 4.58. The van der Waals surface area contributed by atoms with Crippen LogP contribution in [0.4, 0.5) is 0 Å². The second kappa shape index (κ2) is 6.84. The topological polar surface area (TPSA) is 94.4 Å². The van der Waals surface area contributed by atoms with Crippen molar-refractivity contribution in [1.29, 1.82) is 0 Å². The van der Waals surface area contributed by atoms with Gasteiger partial charge in [-0.15, -0.1) is 0 Å². The van der Waals surface area contributed by atoms with E-state index in [9.17, 15) is 9.90 Å². The third-order valence-electron chi connectivity index (χ3n) is 3.22. The molecule has 7 heteroatoms. The van der Waals surface area contributed by atoms with Crippen LogP contribution in [0.1, 0.15) is 18.9 Å². The SMILES string of the molecule is CCC(Oc1ccc(-c2ncncn2)c(O)c1C)C(=O)OC. The lowest BCUT2D eigenvalue weighted by Crippen LogP contribution is -2.28.